The van der Waals surface area contributed by atoms with Crippen molar-refractivity contribution in [3.05, 3.63) is 65.7 Å². The molecule has 6 nitrogen and oxygen atoms in total. The fourth-order valence-corrected chi connectivity index (χ4v) is 2.97. The number of carbonyl (C=O) groups excluding carboxylic acids is 1. The van der Waals surface area contributed by atoms with E-state index in [0.717, 1.165) is 24.3 Å². The normalized spacial score (nSPS) is 15.2. The number of terminal acetylenes is 1. The summed E-state index contributed by atoms with van der Waals surface area (Å²) in [6, 6.07) is 7.88. The summed E-state index contributed by atoms with van der Waals surface area (Å²) >= 11 is 0. The number of benzene rings is 1. The Labute approximate surface area is 171 Å². The van der Waals surface area contributed by atoms with E-state index >= 15 is 0 Å². The fraction of sp³-hybridized carbons (Fsp3) is 0.261. The van der Waals surface area contributed by atoms with Crippen LogP contribution in [0.3, 0.4) is 0 Å². The number of nitrogens with zero attached hydrogens (tertiary/aromatic N) is 4. The van der Waals surface area contributed by atoms with Crippen LogP contribution in [-0.2, 0) is 4.74 Å². The Kier molecular flexibility index (Phi) is 6.77. The third kappa shape index (κ3) is 4.89. The molecule has 148 valence electrons. The van der Waals surface area contributed by atoms with E-state index < -0.39 is 0 Å². The van der Waals surface area contributed by atoms with Gasteiger partial charge in [-0.25, -0.2) is 9.98 Å². The van der Waals surface area contributed by atoms with Crippen molar-refractivity contribution in [2.24, 2.45) is 4.99 Å². The second-order valence-electron chi connectivity index (χ2n) is 6.61. The molecule has 0 saturated carbocycles. The molecule has 0 bridgehead atoms. The quantitative estimate of drug-likeness (QED) is 0.190. The first kappa shape index (κ1) is 20.3. The third-order valence-electron chi connectivity index (χ3n) is 4.51. The van der Waals surface area contributed by atoms with Gasteiger partial charge in [0.25, 0.3) is 0 Å². The number of aromatic nitrogens is 2. The van der Waals surface area contributed by atoms with Gasteiger partial charge in [-0.15, -0.1) is 6.42 Å². The van der Waals surface area contributed by atoms with E-state index in [0.29, 0.717) is 30.3 Å². The van der Waals surface area contributed by atoms with Gasteiger partial charge in [-0.2, -0.15) is 0 Å². The number of imidazole rings is 1. The molecule has 0 aliphatic carbocycles. The number of rotatable bonds is 6. The number of ether oxygens (including phenoxy) is 1. The third-order valence-corrected chi connectivity index (χ3v) is 4.51. The standard InChI is InChI=1S/C23H24N4O2/c1-4-6-19(7-5-2)22(28)21-23(24-16-26-12-14-29-15-13-26)25-17-27(21)20-10-8-18(3)9-11-20/h1,5-11,16-17H,12-15H2,2-3H3/b7-5-,19-6+,24-16+. The lowest BCUT2D eigenvalue weighted by atomic mass is 10.1. The largest absolute Gasteiger partial charge is 0.378 e. The van der Waals surface area contributed by atoms with Crippen molar-refractivity contribution in [3.8, 4) is 18.0 Å². The second-order valence-corrected chi connectivity index (χ2v) is 6.61. The lowest BCUT2D eigenvalue weighted by Crippen LogP contribution is -2.35. The van der Waals surface area contributed by atoms with Crippen LogP contribution in [0.1, 0.15) is 23.0 Å². The average Bonchev–Trinajstić information content (AvgIpc) is 3.17. The minimum Gasteiger partial charge on any atom is -0.378 e. The van der Waals surface area contributed by atoms with Crippen LogP contribution < -0.4 is 0 Å². The number of ketones is 1. The van der Waals surface area contributed by atoms with Crippen LogP contribution >= 0.6 is 0 Å². The number of hydrogen-bond acceptors (Lipinski definition) is 4. The highest BCUT2D eigenvalue weighted by molar-refractivity contribution is 6.12. The first-order valence-corrected chi connectivity index (χ1v) is 9.48. The summed E-state index contributed by atoms with van der Waals surface area (Å²) in [5.41, 5.74) is 2.75. The topological polar surface area (TPSA) is 59.7 Å². The van der Waals surface area contributed by atoms with E-state index in [1.807, 2.05) is 43.0 Å². The zero-order chi connectivity index (χ0) is 20.6. The molecule has 2 aromatic rings. The summed E-state index contributed by atoms with van der Waals surface area (Å²) in [5.74, 6) is 2.57. The zero-order valence-electron chi connectivity index (χ0n) is 16.7. The van der Waals surface area contributed by atoms with Crippen LogP contribution in [0.5, 0.6) is 0 Å². The van der Waals surface area contributed by atoms with Gasteiger partial charge in [-0.1, -0.05) is 35.8 Å². The lowest BCUT2D eigenvalue weighted by molar-refractivity contribution is 0.0701. The van der Waals surface area contributed by atoms with Crippen LogP contribution in [0.4, 0.5) is 5.82 Å². The molecule has 2 heterocycles. The Morgan fingerprint density at radius 3 is 2.66 bits per heavy atom. The Morgan fingerprint density at radius 2 is 2.00 bits per heavy atom. The molecule has 3 rings (SSSR count). The Hall–Kier alpha value is -3.43. The number of carbonyl (C=O) groups is 1. The Bertz CT molecular complexity index is 985. The Morgan fingerprint density at radius 1 is 1.28 bits per heavy atom. The van der Waals surface area contributed by atoms with Crippen LogP contribution in [0.25, 0.3) is 5.69 Å². The number of allylic oxidation sites excluding steroid dienone is 4. The molecule has 1 fully saturated rings. The molecule has 6 heteroatoms. The first-order valence-electron chi connectivity index (χ1n) is 9.48. The highest BCUT2D eigenvalue weighted by atomic mass is 16.5. The maximum absolute atomic E-state index is 13.3. The van der Waals surface area contributed by atoms with E-state index in [4.69, 9.17) is 11.2 Å². The molecule has 0 N–H and O–H groups in total. The van der Waals surface area contributed by atoms with Gasteiger partial charge in [-0.3, -0.25) is 9.36 Å². The van der Waals surface area contributed by atoms with Crippen molar-refractivity contribution in [2.45, 2.75) is 13.8 Å². The maximum Gasteiger partial charge on any atom is 0.214 e. The van der Waals surface area contributed by atoms with Crippen LogP contribution in [0, 0.1) is 19.3 Å². The van der Waals surface area contributed by atoms with E-state index in [2.05, 4.69) is 15.9 Å². The first-order chi connectivity index (χ1) is 14.1. The molecule has 1 aromatic heterocycles. The van der Waals surface area contributed by atoms with Gasteiger partial charge < -0.3 is 9.64 Å². The van der Waals surface area contributed by atoms with Crippen LogP contribution in [-0.4, -0.2) is 52.9 Å². The number of hydrogen-bond donors (Lipinski definition) is 0. The minimum atomic E-state index is -0.228. The molecule has 1 saturated heterocycles. The van der Waals surface area contributed by atoms with Crippen molar-refractivity contribution >= 4 is 17.9 Å². The zero-order valence-corrected chi connectivity index (χ0v) is 16.7. The molecule has 0 atom stereocenters. The second kappa shape index (κ2) is 9.67. The van der Waals surface area contributed by atoms with E-state index in [1.54, 1.807) is 29.4 Å². The van der Waals surface area contributed by atoms with E-state index in [9.17, 15) is 4.79 Å². The number of Topliss-reactive ketones (excluding diaryl/α,β-unsaturated/α-hetero) is 1. The fourth-order valence-electron chi connectivity index (χ4n) is 2.97. The summed E-state index contributed by atoms with van der Waals surface area (Å²) in [7, 11) is 0. The monoisotopic (exact) mass is 388 g/mol. The molecule has 0 spiro atoms. The summed E-state index contributed by atoms with van der Waals surface area (Å²) < 4.78 is 7.11. The molecule has 0 radical (unpaired) electrons. The molecule has 1 aliphatic heterocycles. The van der Waals surface area contributed by atoms with E-state index in [-0.39, 0.29) is 5.78 Å². The van der Waals surface area contributed by atoms with Gasteiger partial charge in [-0.05, 0) is 32.1 Å². The van der Waals surface area contributed by atoms with E-state index in [1.165, 1.54) is 6.08 Å². The molecular weight excluding hydrogens is 364 g/mol. The van der Waals surface area contributed by atoms with Crippen molar-refractivity contribution < 1.29 is 9.53 Å². The van der Waals surface area contributed by atoms with Gasteiger partial charge in [0, 0.05) is 24.4 Å². The van der Waals surface area contributed by atoms with Gasteiger partial charge in [0.1, 0.15) is 12.0 Å². The summed E-state index contributed by atoms with van der Waals surface area (Å²) in [5, 5.41) is 0. The van der Waals surface area contributed by atoms with Gasteiger partial charge in [0.2, 0.25) is 5.78 Å². The summed E-state index contributed by atoms with van der Waals surface area (Å²) in [6.45, 7) is 6.68. The average molecular weight is 388 g/mol. The van der Waals surface area contributed by atoms with Crippen molar-refractivity contribution in [1.82, 2.24) is 14.5 Å². The predicted molar refractivity (Wildman–Crippen MR) is 115 cm³/mol. The smallest absolute Gasteiger partial charge is 0.214 e. The van der Waals surface area contributed by atoms with Crippen molar-refractivity contribution in [1.29, 1.82) is 0 Å². The van der Waals surface area contributed by atoms with Crippen LogP contribution in [0.2, 0.25) is 0 Å². The molecule has 1 aliphatic rings. The number of morpholine rings is 1. The molecular formula is C23H24N4O2. The number of aryl methyl sites for hydroxylation is 1. The van der Waals surface area contributed by atoms with Gasteiger partial charge in [0.15, 0.2) is 5.82 Å². The summed E-state index contributed by atoms with van der Waals surface area (Å²) in [4.78, 5) is 24.3. The molecule has 0 unspecified atom stereocenters. The van der Waals surface area contributed by atoms with Gasteiger partial charge >= 0.3 is 0 Å². The SMILES string of the molecule is C#C/C=C(\C=C/C)C(=O)c1c(/N=C/N2CCOCC2)ncn1-c1ccc(C)cc1. The molecule has 0 amide bonds. The Balaban J connectivity index is 2.05. The van der Waals surface area contributed by atoms with Crippen molar-refractivity contribution in [2.75, 3.05) is 26.3 Å². The summed E-state index contributed by atoms with van der Waals surface area (Å²) in [6.07, 6.45) is 13.7. The predicted octanol–water partition coefficient (Wildman–Crippen LogP) is 3.49. The molecule has 1 aromatic carbocycles. The number of aliphatic imine (C=N–C) groups is 1. The van der Waals surface area contributed by atoms with Crippen LogP contribution in [0.15, 0.2) is 59.4 Å². The minimum absolute atomic E-state index is 0.228. The highest BCUT2D eigenvalue weighted by Crippen LogP contribution is 2.25. The lowest BCUT2D eigenvalue weighted by Gasteiger charge is -2.23. The molecule has 29 heavy (non-hydrogen) atoms. The highest BCUT2D eigenvalue weighted by Gasteiger charge is 2.22. The van der Waals surface area contributed by atoms with Crippen molar-refractivity contribution in [3.63, 3.8) is 0 Å². The maximum atomic E-state index is 13.3. The van der Waals surface area contributed by atoms with Gasteiger partial charge in [0.05, 0.1) is 19.6 Å².